The van der Waals surface area contributed by atoms with Crippen molar-refractivity contribution < 1.29 is 26.7 Å². The van der Waals surface area contributed by atoms with Gasteiger partial charge in [-0.05, 0) is 22.0 Å². The van der Waals surface area contributed by atoms with Gasteiger partial charge in [-0.2, -0.15) is 13.2 Å². The van der Waals surface area contributed by atoms with Crippen molar-refractivity contribution in [1.82, 2.24) is 4.98 Å². The van der Waals surface area contributed by atoms with Gasteiger partial charge in [0.25, 0.3) is 6.43 Å². The zero-order chi connectivity index (χ0) is 12.5. The highest BCUT2D eigenvalue weighted by Crippen LogP contribution is 2.38. The summed E-state index contributed by atoms with van der Waals surface area (Å²) in [5.74, 6) is -0.731. The lowest BCUT2D eigenvalue weighted by molar-refractivity contribution is -0.142. The van der Waals surface area contributed by atoms with E-state index in [9.17, 15) is 22.0 Å². The molecule has 0 fully saturated rings. The minimum absolute atomic E-state index is 0.545. The number of hydrogen-bond donors (Lipinski definition) is 0. The summed E-state index contributed by atoms with van der Waals surface area (Å²) in [6.07, 6.45) is -7.69. The van der Waals surface area contributed by atoms with E-state index in [4.69, 9.17) is 0 Å². The fourth-order valence-corrected chi connectivity index (χ4v) is 1.56. The van der Waals surface area contributed by atoms with Crippen LogP contribution in [-0.2, 0) is 6.18 Å². The second-order valence-electron chi connectivity index (χ2n) is 2.72. The third-order valence-electron chi connectivity index (χ3n) is 1.67. The Morgan fingerprint density at radius 1 is 1.38 bits per heavy atom. The Bertz CT molecular complexity index is 393. The number of methoxy groups -OCH3 is 1. The average molecular weight is 306 g/mol. The largest absolute Gasteiger partial charge is 0.481 e. The first-order chi connectivity index (χ1) is 7.27. The molecule has 0 aliphatic carbocycles. The van der Waals surface area contributed by atoms with Crippen LogP contribution in [0.25, 0.3) is 0 Å². The van der Waals surface area contributed by atoms with Crippen LogP contribution in [0.15, 0.2) is 10.5 Å². The summed E-state index contributed by atoms with van der Waals surface area (Å²) in [4.78, 5) is 3.01. The standard InChI is InChI=1S/C8H5BrF5NO/c1-16-7-3(6(10)11)2-4(9)5(15-7)8(12,13)14/h2,6H,1H3. The van der Waals surface area contributed by atoms with Gasteiger partial charge in [0, 0.05) is 4.47 Å². The van der Waals surface area contributed by atoms with E-state index in [2.05, 4.69) is 25.7 Å². The topological polar surface area (TPSA) is 22.1 Å². The molecule has 0 N–H and O–H groups in total. The molecule has 0 spiro atoms. The lowest BCUT2D eigenvalue weighted by atomic mass is 10.2. The number of nitrogens with zero attached hydrogens (tertiary/aromatic N) is 1. The SMILES string of the molecule is COc1nc(C(F)(F)F)c(Br)cc1C(F)F. The molecule has 0 saturated carbocycles. The molecule has 0 saturated heterocycles. The molecule has 0 aliphatic heterocycles. The van der Waals surface area contributed by atoms with Gasteiger partial charge in [-0.1, -0.05) is 0 Å². The Hall–Kier alpha value is -0.920. The van der Waals surface area contributed by atoms with E-state index >= 15 is 0 Å². The molecule has 90 valence electrons. The monoisotopic (exact) mass is 305 g/mol. The van der Waals surface area contributed by atoms with Crippen molar-refractivity contribution in [2.75, 3.05) is 7.11 Å². The highest BCUT2D eigenvalue weighted by Gasteiger charge is 2.36. The Morgan fingerprint density at radius 3 is 2.31 bits per heavy atom. The maximum absolute atomic E-state index is 12.4. The van der Waals surface area contributed by atoms with Gasteiger partial charge in [0.1, 0.15) is 0 Å². The number of rotatable bonds is 2. The minimum Gasteiger partial charge on any atom is -0.481 e. The number of hydrogen-bond acceptors (Lipinski definition) is 2. The van der Waals surface area contributed by atoms with E-state index in [1.807, 2.05) is 0 Å². The van der Waals surface area contributed by atoms with Gasteiger partial charge in [0.05, 0.1) is 12.7 Å². The molecule has 16 heavy (non-hydrogen) atoms. The van der Waals surface area contributed by atoms with E-state index in [1.165, 1.54) is 0 Å². The van der Waals surface area contributed by atoms with Crippen molar-refractivity contribution in [2.45, 2.75) is 12.6 Å². The molecule has 0 bridgehead atoms. The van der Waals surface area contributed by atoms with Crippen LogP contribution in [0.4, 0.5) is 22.0 Å². The van der Waals surface area contributed by atoms with E-state index in [1.54, 1.807) is 0 Å². The molecular formula is C8H5BrF5NO. The molecule has 1 aromatic heterocycles. The first-order valence-corrected chi connectivity index (χ1v) is 4.66. The van der Waals surface area contributed by atoms with Crippen LogP contribution in [0.2, 0.25) is 0 Å². The Balaban J connectivity index is 3.37. The number of pyridine rings is 1. The van der Waals surface area contributed by atoms with E-state index < -0.39 is 34.2 Å². The molecule has 0 amide bonds. The van der Waals surface area contributed by atoms with Crippen molar-refractivity contribution in [2.24, 2.45) is 0 Å². The molecular weight excluding hydrogens is 301 g/mol. The van der Waals surface area contributed by atoms with Crippen molar-refractivity contribution >= 4 is 15.9 Å². The molecule has 0 atom stereocenters. The van der Waals surface area contributed by atoms with Crippen LogP contribution in [0.5, 0.6) is 5.88 Å². The first kappa shape index (κ1) is 13.1. The maximum Gasteiger partial charge on any atom is 0.434 e. The molecule has 2 nitrogen and oxygen atoms in total. The van der Waals surface area contributed by atoms with Crippen LogP contribution >= 0.6 is 15.9 Å². The summed E-state index contributed by atoms with van der Waals surface area (Å²) >= 11 is 2.54. The molecule has 0 aromatic carbocycles. The molecule has 1 rings (SSSR count). The van der Waals surface area contributed by atoms with Gasteiger partial charge < -0.3 is 4.74 Å². The molecule has 0 radical (unpaired) electrons. The third-order valence-corrected chi connectivity index (χ3v) is 2.27. The van der Waals surface area contributed by atoms with Crippen LogP contribution in [0, 0.1) is 0 Å². The Labute approximate surface area is 95.6 Å². The molecule has 0 aliphatic rings. The summed E-state index contributed by atoms with van der Waals surface area (Å²) in [7, 11) is 0.974. The van der Waals surface area contributed by atoms with Crippen LogP contribution in [-0.4, -0.2) is 12.1 Å². The van der Waals surface area contributed by atoms with Gasteiger partial charge >= 0.3 is 6.18 Å². The van der Waals surface area contributed by atoms with Crippen molar-refractivity contribution in [1.29, 1.82) is 0 Å². The zero-order valence-corrected chi connectivity index (χ0v) is 9.36. The van der Waals surface area contributed by atoms with E-state index in [0.29, 0.717) is 6.07 Å². The molecule has 1 heterocycles. The van der Waals surface area contributed by atoms with E-state index in [-0.39, 0.29) is 0 Å². The number of aromatic nitrogens is 1. The fraction of sp³-hybridized carbons (Fsp3) is 0.375. The normalized spacial score (nSPS) is 12.0. The number of alkyl halides is 5. The van der Waals surface area contributed by atoms with Gasteiger partial charge in [-0.25, -0.2) is 13.8 Å². The van der Waals surface area contributed by atoms with Crippen LogP contribution in [0.3, 0.4) is 0 Å². The van der Waals surface area contributed by atoms with E-state index in [0.717, 1.165) is 7.11 Å². The minimum atomic E-state index is -4.73. The predicted molar refractivity (Wildman–Crippen MR) is 48.4 cm³/mol. The molecule has 1 aromatic rings. The van der Waals surface area contributed by atoms with Crippen LogP contribution in [0.1, 0.15) is 17.7 Å². The van der Waals surface area contributed by atoms with Gasteiger partial charge in [0.15, 0.2) is 5.69 Å². The number of halogens is 6. The lowest BCUT2D eigenvalue weighted by Crippen LogP contribution is -2.11. The third kappa shape index (κ3) is 2.60. The highest BCUT2D eigenvalue weighted by molar-refractivity contribution is 9.10. The van der Waals surface area contributed by atoms with Crippen molar-refractivity contribution in [3.8, 4) is 5.88 Å². The van der Waals surface area contributed by atoms with Crippen molar-refractivity contribution in [3.63, 3.8) is 0 Å². The highest BCUT2D eigenvalue weighted by atomic mass is 79.9. The predicted octanol–water partition coefficient (Wildman–Crippen LogP) is 3.81. The summed E-state index contributed by atoms with van der Waals surface area (Å²) in [5, 5.41) is 0. The van der Waals surface area contributed by atoms with Gasteiger partial charge in [-0.15, -0.1) is 0 Å². The smallest absolute Gasteiger partial charge is 0.434 e. The lowest BCUT2D eigenvalue weighted by Gasteiger charge is -2.12. The average Bonchev–Trinajstić information content (AvgIpc) is 2.15. The molecule has 8 heteroatoms. The van der Waals surface area contributed by atoms with Crippen molar-refractivity contribution in [3.05, 3.63) is 21.8 Å². The fourth-order valence-electron chi connectivity index (χ4n) is 1.00. The van der Waals surface area contributed by atoms with Gasteiger partial charge in [-0.3, -0.25) is 0 Å². The Morgan fingerprint density at radius 2 is 1.94 bits per heavy atom. The summed E-state index contributed by atoms with van der Waals surface area (Å²) in [6, 6.07) is 0.652. The maximum atomic E-state index is 12.4. The zero-order valence-electron chi connectivity index (χ0n) is 7.78. The summed E-state index contributed by atoms with van der Waals surface area (Å²) in [5.41, 5.74) is -1.99. The molecule has 0 unspecified atom stereocenters. The van der Waals surface area contributed by atoms with Gasteiger partial charge in [0.2, 0.25) is 5.88 Å². The number of ether oxygens (including phenoxy) is 1. The first-order valence-electron chi connectivity index (χ1n) is 3.87. The second-order valence-corrected chi connectivity index (χ2v) is 3.57. The summed E-state index contributed by atoms with van der Waals surface area (Å²) < 4.78 is 65.7. The quantitative estimate of drug-likeness (QED) is 0.775. The summed E-state index contributed by atoms with van der Waals surface area (Å²) in [6.45, 7) is 0. The van der Waals surface area contributed by atoms with Crippen LogP contribution < -0.4 is 4.74 Å². The Kier molecular flexibility index (Phi) is 3.72. The second kappa shape index (κ2) is 4.52.